The normalized spacial score (nSPS) is 13.4. The van der Waals surface area contributed by atoms with Crippen molar-refractivity contribution in [2.24, 2.45) is 0 Å². The summed E-state index contributed by atoms with van der Waals surface area (Å²) in [6.07, 6.45) is -2.72. The SMILES string of the molecule is Cc1ccc(S(=O)(=O)OC(c2ccccc2Cl)C(F)(F)[N+](=O)[O-])cc1. The molecule has 2 aromatic carbocycles. The molecule has 0 saturated heterocycles. The van der Waals surface area contributed by atoms with E-state index in [-0.39, 0.29) is 5.02 Å². The van der Waals surface area contributed by atoms with Crippen molar-refractivity contribution in [2.45, 2.75) is 24.0 Å². The summed E-state index contributed by atoms with van der Waals surface area (Å²) in [5.41, 5.74) is 0.221. The third kappa shape index (κ3) is 4.12. The second kappa shape index (κ2) is 7.03. The highest BCUT2D eigenvalue weighted by molar-refractivity contribution is 7.86. The van der Waals surface area contributed by atoms with Gasteiger partial charge < -0.3 is 0 Å². The Bertz CT molecular complexity index is 887. The van der Waals surface area contributed by atoms with Crippen LogP contribution in [0.3, 0.4) is 0 Å². The van der Waals surface area contributed by atoms with Crippen LogP contribution in [0, 0.1) is 17.0 Å². The number of aryl methyl sites for hydroxylation is 1. The fraction of sp³-hybridized carbons (Fsp3) is 0.200. The van der Waals surface area contributed by atoms with Crippen LogP contribution in [0.1, 0.15) is 17.2 Å². The molecule has 0 radical (unpaired) electrons. The number of benzene rings is 2. The van der Waals surface area contributed by atoms with Crippen LogP contribution in [0.4, 0.5) is 8.78 Å². The van der Waals surface area contributed by atoms with Gasteiger partial charge in [-0.05, 0) is 25.1 Å². The van der Waals surface area contributed by atoms with Crippen LogP contribution >= 0.6 is 11.6 Å². The molecule has 2 rings (SSSR count). The fourth-order valence-corrected chi connectivity index (χ4v) is 3.26. The fourth-order valence-electron chi connectivity index (χ4n) is 1.97. The summed E-state index contributed by atoms with van der Waals surface area (Å²) in [5.74, 6) is 0. The summed E-state index contributed by atoms with van der Waals surface area (Å²) < 4.78 is 57.2. The predicted molar refractivity (Wildman–Crippen MR) is 85.6 cm³/mol. The van der Waals surface area contributed by atoms with Crippen molar-refractivity contribution in [3.8, 4) is 0 Å². The highest BCUT2D eigenvalue weighted by atomic mass is 35.5. The van der Waals surface area contributed by atoms with Crippen LogP contribution < -0.4 is 0 Å². The van der Waals surface area contributed by atoms with E-state index in [0.717, 1.165) is 23.8 Å². The van der Waals surface area contributed by atoms with Crippen LogP contribution in [0.2, 0.25) is 5.02 Å². The molecule has 6 nitrogen and oxygen atoms in total. The Kier molecular flexibility index (Phi) is 5.40. The number of alkyl halides is 2. The van der Waals surface area contributed by atoms with Crippen molar-refractivity contribution >= 4 is 21.7 Å². The minimum absolute atomic E-state index is 0.284. The van der Waals surface area contributed by atoms with Gasteiger partial charge in [0.2, 0.25) is 6.10 Å². The molecule has 0 aliphatic heterocycles. The quantitative estimate of drug-likeness (QED) is 0.322. The first-order valence-corrected chi connectivity index (χ1v) is 8.61. The topological polar surface area (TPSA) is 86.5 Å². The predicted octanol–water partition coefficient (Wildman–Crippen LogP) is 3.96. The van der Waals surface area contributed by atoms with Gasteiger partial charge in [0, 0.05) is 10.6 Å². The molecule has 0 saturated carbocycles. The van der Waals surface area contributed by atoms with Crippen LogP contribution in [0.5, 0.6) is 0 Å². The molecule has 0 aliphatic carbocycles. The van der Waals surface area contributed by atoms with Crippen molar-refractivity contribution in [1.29, 1.82) is 0 Å². The molecule has 134 valence electrons. The van der Waals surface area contributed by atoms with E-state index in [2.05, 4.69) is 4.18 Å². The molecule has 0 fully saturated rings. The minimum Gasteiger partial charge on any atom is -0.259 e. The Balaban J connectivity index is 2.52. The molecule has 0 aromatic heterocycles. The maximum atomic E-state index is 14.0. The van der Waals surface area contributed by atoms with Crippen molar-refractivity contribution in [3.63, 3.8) is 0 Å². The van der Waals surface area contributed by atoms with Crippen molar-refractivity contribution in [3.05, 3.63) is 74.8 Å². The number of nitrogens with zero attached hydrogens (tertiary/aromatic N) is 1. The maximum absolute atomic E-state index is 14.0. The highest BCUT2D eigenvalue weighted by Crippen LogP contribution is 2.40. The van der Waals surface area contributed by atoms with E-state index in [9.17, 15) is 27.3 Å². The van der Waals surface area contributed by atoms with Gasteiger partial charge in [-0.2, -0.15) is 8.42 Å². The smallest absolute Gasteiger partial charge is 0.259 e. The number of hydrogen-bond acceptors (Lipinski definition) is 5. The summed E-state index contributed by atoms with van der Waals surface area (Å²) in [4.78, 5) is 8.43. The van der Waals surface area contributed by atoms with Gasteiger partial charge in [-0.3, -0.25) is 10.1 Å². The zero-order valence-corrected chi connectivity index (χ0v) is 14.3. The van der Waals surface area contributed by atoms with E-state index in [1.807, 2.05) is 0 Å². The van der Waals surface area contributed by atoms with Gasteiger partial charge in [-0.15, -0.1) is 8.78 Å². The Morgan fingerprint density at radius 1 is 1.16 bits per heavy atom. The Hall–Kier alpha value is -2.10. The van der Waals surface area contributed by atoms with E-state index >= 15 is 0 Å². The zero-order valence-electron chi connectivity index (χ0n) is 12.7. The summed E-state index contributed by atoms with van der Waals surface area (Å²) >= 11 is 5.79. The lowest BCUT2D eigenvalue weighted by Crippen LogP contribution is -2.38. The summed E-state index contributed by atoms with van der Waals surface area (Å²) in [7, 11) is -4.70. The molecular weight excluding hydrogens is 380 g/mol. The van der Waals surface area contributed by atoms with Gasteiger partial charge in [-0.25, -0.2) is 4.18 Å². The Morgan fingerprint density at radius 2 is 1.72 bits per heavy atom. The van der Waals surface area contributed by atoms with E-state index in [4.69, 9.17) is 11.6 Å². The molecule has 0 N–H and O–H groups in total. The molecule has 2 aromatic rings. The number of hydrogen-bond donors (Lipinski definition) is 0. The van der Waals surface area contributed by atoms with Crippen molar-refractivity contribution in [2.75, 3.05) is 0 Å². The average molecular weight is 392 g/mol. The standard InChI is InChI=1S/C15H12ClF2NO5S/c1-10-6-8-11(9-7-10)25(22,23)24-14(15(17,18)19(20)21)12-4-2-3-5-13(12)16/h2-9,14H,1H3. The third-order valence-electron chi connectivity index (χ3n) is 3.28. The minimum atomic E-state index is -4.72. The number of rotatable bonds is 6. The summed E-state index contributed by atoms with van der Waals surface area (Å²) in [6, 6.07) is 5.38. The molecule has 0 amide bonds. The lowest BCUT2D eigenvalue weighted by molar-refractivity contribution is -0.657. The van der Waals surface area contributed by atoms with Gasteiger partial charge in [0.1, 0.15) is 0 Å². The van der Waals surface area contributed by atoms with Gasteiger partial charge in [0.05, 0.1) is 9.82 Å². The third-order valence-corrected chi connectivity index (χ3v) is 4.92. The maximum Gasteiger partial charge on any atom is 0.543 e. The lowest BCUT2D eigenvalue weighted by Gasteiger charge is -2.21. The first kappa shape index (κ1) is 19.2. The van der Waals surface area contributed by atoms with E-state index in [1.165, 1.54) is 30.3 Å². The van der Waals surface area contributed by atoms with Crippen LogP contribution in [-0.4, -0.2) is 19.4 Å². The summed E-state index contributed by atoms with van der Waals surface area (Å²) in [6.45, 7) is 1.70. The van der Waals surface area contributed by atoms with Crippen LogP contribution in [-0.2, 0) is 14.3 Å². The van der Waals surface area contributed by atoms with E-state index in [1.54, 1.807) is 6.92 Å². The van der Waals surface area contributed by atoms with Gasteiger partial charge in [-0.1, -0.05) is 47.5 Å². The van der Waals surface area contributed by atoms with Gasteiger partial charge in [0.15, 0.2) is 0 Å². The lowest BCUT2D eigenvalue weighted by atomic mass is 10.1. The molecule has 25 heavy (non-hydrogen) atoms. The monoisotopic (exact) mass is 391 g/mol. The molecule has 10 heteroatoms. The molecular formula is C15H12ClF2NO5S. The van der Waals surface area contributed by atoms with Gasteiger partial charge >= 0.3 is 6.05 Å². The van der Waals surface area contributed by atoms with Crippen molar-refractivity contribution in [1.82, 2.24) is 0 Å². The molecule has 0 bridgehead atoms. The second-order valence-corrected chi connectivity index (χ2v) is 7.09. The molecule has 0 aliphatic rings. The first-order valence-electron chi connectivity index (χ1n) is 6.82. The van der Waals surface area contributed by atoms with E-state index < -0.39 is 37.7 Å². The molecule has 1 unspecified atom stereocenters. The first-order chi connectivity index (χ1) is 11.6. The second-order valence-electron chi connectivity index (χ2n) is 5.11. The van der Waals surface area contributed by atoms with Gasteiger partial charge in [0.25, 0.3) is 10.1 Å². The Labute approximate surface area is 147 Å². The number of halogens is 3. The van der Waals surface area contributed by atoms with Crippen LogP contribution in [0.15, 0.2) is 53.4 Å². The van der Waals surface area contributed by atoms with Crippen molar-refractivity contribution < 1.29 is 26.3 Å². The average Bonchev–Trinajstić information content (AvgIpc) is 2.53. The molecule has 0 heterocycles. The largest absolute Gasteiger partial charge is 0.543 e. The van der Waals surface area contributed by atoms with E-state index in [0.29, 0.717) is 0 Å². The molecule has 1 atom stereocenters. The Morgan fingerprint density at radius 3 is 2.24 bits per heavy atom. The number of nitro groups is 1. The highest BCUT2D eigenvalue weighted by Gasteiger charge is 2.57. The van der Waals surface area contributed by atoms with Crippen LogP contribution in [0.25, 0.3) is 0 Å². The summed E-state index contributed by atoms with van der Waals surface area (Å²) in [5, 5.41) is 10.5. The molecule has 0 spiro atoms. The zero-order chi connectivity index (χ0) is 18.8.